The Hall–Kier alpha value is -0.610. The van der Waals surface area contributed by atoms with Crippen LogP contribution in [0.15, 0.2) is 0 Å². The van der Waals surface area contributed by atoms with Crippen LogP contribution in [0.1, 0.15) is 33.6 Å². The first kappa shape index (κ1) is 11.5. The number of hydrogen-bond donors (Lipinski definition) is 1. The number of esters is 1. The molecule has 1 heterocycles. The van der Waals surface area contributed by atoms with Crippen molar-refractivity contribution in [2.45, 2.75) is 58.0 Å². The van der Waals surface area contributed by atoms with Gasteiger partial charge in [-0.3, -0.25) is 4.79 Å². The summed E-state index contributed by atoms with van der Waals surface area (Å²) < 4.78 is 10.8. The summed E-state index contributed by atoms with van der Waals surface area (Å²) in [5.74, 6) is -0.323. The van der Waals surface area contributed by atoms with E-state index in [1.807, 2.05) is 13.8 Å². The molecule has 2 unspecified atom stereocenters. The zero-order chi connectivity index (χ0) is 10.7. The van der Waals surface area contributed by atoms with E-state index in [-0.39, 0.29) is 24.3 Å². The van der Waals surface area contributed by atoms with Gasteiger partial charge in [0.1, 0.15) is 12.1 Å². The van der Waals surface area contributed by atoms with E-state index >= 15 is 0 Å². The van der Waals surface area contributed by atoms with Crippen molar-refractivity contribution in [2.24, 2.45) is 5.73 Å². The van der Waals surface area contributed by atoms with Crippen molar-refractivity contribution in [1.29, 1.82) is 0 Å². The summed E-state index contributed by atoms with van der Waals surface area (Å²) in [7, 11) is 0. The first-order valence-electron chi connectivity index (χ1n) is 5.10. The van der Waals surface area contributed by atoms with Crippen LogP contribution in [0.3, 0.4) is 0 Å². The third-order valence-electron chi connectivity index (χ3n) is 2.31. The van der Waals surface area contributed by atoms with Crippen molar-refractivity contribution in [3.8, 4) is 0 Å². The molecule has 0 radical (unpaired) electrons. The molecule has 1 aliphatic heterocycles. The maximum absolute atomic E-state index is 11.2. The van der Waals surface area contributed by atoms with Gasteiger partial charge in [0, 0.05) is 12.8 Å². The lowest BCUT2D eigenvalue weighted by Crippen LogP contribution is -2.39. The predicted octanol–water partition coefficient (Wildman–Crippen LogP) is 0.833. The molecule has 0 aromatic heterocycles. The third-order valence-corrected chi connectivity index (χ3v) is 2.31. The number of carbonyl (C=O) groups is 1. The molecule has 0 saturated carbocycles. The Kier molecular flexibility index (Phi) is 3.89. The van der Waals surface area contributed by atoms with Gasteiger partial charge in [0.2, 0.25) is 0 Å². The molecule has 4 heteroatoms. The minimum absolute atomic E-state index is 0.0350. The molecular formula is C10H19NO3. The molecule has 1 saturated heterocycles. The maximum atomic E-state index is 11.2. The average molecular weight is 201 g/mol. The molecule has 1 rings (SSSR count). The van der Waals surface area contributed by atoms with Gasteiger partial charge in [-0.2, -0.15) is 0 Å². The first-order chi connectivity index (χ1) is 6.49. The molecule has 0 amide bonds. The van der Waals surface area contributed by atoms with Crippen LogP contribution in [-0.2, 0) is 14.3 Å². The molecule has 1 aliphatic rings. The topological polar surface area (TPSA) is 61.5 Å². The van der Waals surface area contributed by atoms with E-state index in [0.29, 0.717) is 0 Å². The van der Waals surface area contributed by atoms with Crippen molar-refractivity contribution in [3.05, 3.63) is 0 Å². The Balaban J connectivity index is 2.40. The van der Waals surface area contributed by atoms with Crippen LogP contribution >= 0.6 is 0 Å². The van der Waals surface area contributed by atoms with Gasteiger partial charge in [0.15, 0.2) is 0 Å². The number of rotatable bonds is 2. The Bertz CT molecular complexity index is 196. The minimum atomic E-state index is -0.538. The monoisotopic (exact) mass is 201 g/mol. The molecule has 2 N–H and O–H groups in total. The summed E-state index contributed by atoms with van der Waals surface area (Å²) in [6.07, 6.45) is 1.81. The van der Waals surface area contributed by atoms with Gasteiger partial charge in [-0.05, 0) is 20.8 Å². The van der Waals surface area contributed by atoms with Gasteiger partial charge >= 0.3 is 5.97 Å². The molecule has 1 fully saturated rings. The zero-order valence-corrected chi connectivity index (χ0v) is 9.03. The smallest absolute Gasteiger partial charge is 0.322 e. The molecule has 82 valence electrons. The standard InChI is InChI=1S/C10H19NO3/c1-6-4-9(5-7(2)13-6)14-10(12)8(3)11/h6-9H,4-5,11H2,1-3H3/t6?,7?,8-,9?/m1/s1. The lowest BCUT2D eigenvalue weighted by molar-refractivity contribution is -0.160. The molecule has 0 spiro atoms. The molecule has 3 atom stereocenters. The highest BCUT2D eigenvalue weighted by Crippen LogP contribution is 2.21. The molecule has 0 aromatic rings. The van der Waals surface area contributed by atoms with Gasteiger partial charge in [-0.25, -0.2) is 0 Å². The van der Waals surface area contributed by atoms with Gasteiger partial charge in [0.25, 0.3) is 0 Å². The van der Waals surface area contributed by atoms with Crippen LogP contribution < -0.4 is 5.73 Å². The number of hydrogen-bond acceptors (Lipinski definition) is 4. The number of ether oxygens (including phenoxy) is 2. The molecule has 0 aliphatic carbocycles. The SMILES string of the molecule is CC1CC(OC(=O)[C@@H](C)N)CC(C)O1. The van der Waals surface area contributed by atoms with Crippen LogP contribution in [0.4, 0.5) is 0 Å². The van der Waals surface area contributed by atoms with E-state index < -0.39 is 6.04 Å². The highest BCUT2D eigenvalue weighted by atomic mass is 16.6. The summed E-state index contributed by atoms with van der Waals surface area (Å²) in [5, 5.41) is 0. The molecular weight excluding hydrogens is 182 g/mol. The molecule has 14 heavy (non-hydrogen) atoms. The second-order valence-corrected chi connectivity index (χ2v) is 4.08. The fourth-order valence-corrected chi connectivity index (χ4v) is 1.71. The lowest BCUT2D eigenvalue weighted by Gasteiger charge is -2.31. The summed E-state index contributed by atoms with van der Waals surface area (Å²) in [4.78, 5) is 11.2. The Morgan fingerprint density at radius 2 is 1.93 bits per heavy atom. The summed E-state index contributed by atoms with van der Waals surface area (Å²) in [6, 6.07) is -0.538. The Morgan fingerprint density at radius 3 is 2.36 bits per heavy atom. The fraction of sp³-hybridized carbons (Fsp3) is 0.900. The van der Waals surface area contributed by atoms with Gasteiger partial charge < -0.3 is 15.2 Å². The Morgan fingerprint density at radius 1 is 1.43 bits per heavy atom. The quantitative estimate of drug-likeness (QED) is 0.672. The zero-order valence-electron chi connectivity index (χ0n) is 9.03. The largest absolute Gasteiger partial charge is 0.461 e. The van der Waals surface area contributed by atoms with Crippen LogP contribution in [0.5, 0.6) is 0 Å². The Labute approximate surface area is 84.7 Å². The van der Waals surface area contributed by atoms with Crippen LogP contribution in [0, 0.1) is 0 Å². The highest BCUT2D eigenvalue weighted by molar-refractivity contribution is 5.75. The first-order valence-corrected chi connectivity index (χ1v) is 5.10. The van der Waals surface area contributed by atoms with E-state index in [0.717, 1.165) is 12.8 Å². The maximum Gasteiger partial charge on any atom is 0.322 e. The van der Waals surface area contributed by atoms with Gasteiger partial charge in [0.05, 0.1) is 12.2 Å². The average Bonchev–Trinajstić information content (AvgIpc) is 2.01. The van der Waals surface area contributed by atoms with Crippen LogP contribution in [0.2, 0.25) is 0 Å². The third kappa shape index (κ3) is 3.27. The fourth-order valence-electron chi connectivity index (χ4n) is 1.71. The second-order valence-electron chi connectivity index (χ2n) is 4.08. The van der Waals surface area contributed by atoms with E-state index in [2.05, 4.69) is 0 Å². The van der Waals surface area contributed by atoms with E-state index in [9.17, 15) is 4.79 Å². The predicted molar refractivity (Wildman–Crippen MR) is 52.8 cm³/mol. The van der Waals surface area contributed by atoms with E-state index in [1.54, 1.807) is 6.92 Å². The normalized spacial score (nSPS) is 35.0. The van der Waals surface area contributed by atoms with E-state index in [4.69, 9.17) is 15.2 Å². The van der Waals surface area contributed by atoms with Crippen molar-refractivity contribution in [3.63, 3.8) is 0 Å². The number of carbonyl (C=O) groups excluding carboxylic acids is 1. The van der Waals surface area contributed by atoms with Crippen molar-refractivity contribution in [1.82, 2.24) is 0 Å². The molecule has 0 aromatic carbocycles. The van der Waals surface area contributed by atoms with E-state index in [1.165, 1.54) is 0 Å². The van der Waals surface area contributed by atoms with Gasteiger partial charge in [-0.15, -0.1) is 0 Å². The van der Waals surface area contributed by atoms with Crippen LogP contribution in [0.25, 0.3) is 0 Å². The lowest BCUT2D eigenvalue weighted by atomic mass is 10.0. The van der Waals surface area contributed by atoms with Crippen molar-refractivity contribution < 1.29 is 14.3 Å². The van der Waals surface area contributed by atoms with Crippen LogP contribution in [-0.4, -0.2) is 30.3 Å². The molecule has 4 nitrogen and oxygen atoms in total. The molecule has 0 bridgehead atoms. The van der Waals surface area contributed by atoms with Crippen molar-refractivity contribution >= 4 is 5.97 Å². The highest BCUT2D eigenvalue weighted by Gasteiger charge is 2.27. The summed E-state index contributed by atoms with van der Waals surface area (Å²) >= 11 is 0. The minimum Gasteiger partial charge on any atom is -0.461 e. The van der Waals surface area contributed by atoms with Gasteiger partial charge in [-0.1, -0.05) is 0 Å². The second kappa shape index (κ2) is 4.75. The van der Waals surface area contributed by atoms with Crippen molar-refractivity contribution in [2.75, 3.05) is 0 Å². The summed E-state index contributed by atoms with van der Waals surface area (Å²) in [5.41, 5.74) is 5.42. The summed E-state index contributed by atoms with van der Waals surface area (Å²) in [6.45, 7) is 5.61. The number of nitrogens with two attached hydrogens (primary N) is 1.